The summed E-state index contributed by atoms with van der Waals surface area (Å²) in [4.78, 5) is 24.9. The van der Waals surface area contributed by atoms with E-state index in [4.69, 9.17) is 9.47 Å². The van der Waals surface area contributed by atoms with E-state index in [0.29, 0.717) is 0 Å². The minimum absolute atomic E-state index is 0.289. The molecule has 0 N–H and O–H groups in total. The zero-order chi connectivity index (χ0) is 19.7. The number of esters is 2. The first-order valence-electron chi connectivity index (χ1n) is 9.48. The van der Waals surface area contributed by atoms with Crippen molar-refractivity contribution in [1.82, 2.24) is 0 Å². The molecule has 0 amide bonds. The molecule has 0 radical (unpaired) electrons. The number of rotatable bonds is 10. The van der Waals surface area contributed by atoms with Gasteiger partial charge in [-0.25, -0.2) is 0 Å². The minimum Gasteiger partial charge on any atom is -0.459 e. The summed E-state index contributed by atoms with van der Waals surface area (Å²) in [5, 5.41) is 0. The molecule has 0 bridgehead atoms. The first-order valence-corrected chi connectivity index (χ1v) is 9.48. The molecule has 0 atom stereocenters. The van der Waals surface area contributed by atoms with Crippen molar-refractivity contribution in [3.63, 3.8) is 0 Å². The summed E-state index contributed by atoms with van der Waals surface area (Å²) >= 11 is 0. The fourth-order valence-corrected chi connectivity index (χ4v) is 2.38. The topological polar surface area (TPSA) is 52.6 Å². The average molecular weight is 355 g/mol. The van der Waals surface area contributed by atoms with E-state index in [1.54, 1.807) is 41.5 Å². The van der Waals surface area contributed by atoms with Crippen molar-refractivity contribution in [3.8, 4) is 0 Å². The Morgan fingerprint density at radius 3 is 1.68 bits per heavy atom. The molecular formula is C21H38O4. The third-order valence-corrected chi connectivity index (χ3v) is 3.51. The van der Waals surface area contributed by atoms with Crippen LogP contribution in [0.3, 0.4) is 0 Å². The van der Waals surface area contributed by atoms with Gasteiger partial charge in [-0.15, -0.1) is 0 Å². The summed E-state index contributed by atoms with van der Waals surface area (Å²) in [6.45, 7) is 17.0. The molecule has 25 heavy (non-hydrogen) atoms. The van der Waals surface area contributed by atoms with E-state index in [1.807, 2.05) is 0 Å². The average Bonchev–Trinajstić information content (AvgIpc) is 2.40. The number of ether oxygens (including phenoxy) is 2. The van der Waals surface area contributed by atoms with Crippen LogP contribution in [0.25, 0.3) is 0 Å². The maximum absolute atomic E-state index is 12.5. The molecular weight excluding hydrogens is 316 g/mol. The van der Waals surface area contributed by atoms with Gasteiger partial charge in [-0.2, -0.15) is 0 Å². The number of unbranched alkanes of at least 4 members (excludes halogenated alkanes) is 4. The molecule has 4 nitrogen and oxygen atoms in total. The van der Waals surface area contributed by atoms with Crippen LogP contribution >= 0.6 is 0 Å². The van der Waals surface area contributed by atoms with Crippen LogP contribution in [0.1, 0.15) is 93.4 Å². The Labute approximate surface area is 154 Å². The summed E-state index contributed by atoms with van der Waals surface area (Å²) in [6, 6.07) is 0. The van der Waals surface area contributed by atoms with Crippen molar-refractivity contribution in [2.45, 2.75) is 105 Å². The van der Waals surface area contributed by atoms with Gasteiger partial charge in [0.1, 0.15) is 11.2 Å². The fourth-order valence-electron chi connectivity index (χ4n) is 2.38. The van der Waals surface area contributed by atoms with E-state index in [-0.39, 0.29) is 6.42 Å². The Morgan fingerprint density at radius 2 is 1.28 bits per heavy atom. The number of hydrogen-bond acceptors (Lipinski definition) is 4. The highest BCUT2D eigenvalue weighted by molar-refractivity contribution is 5.95. The van der Waals surface area contributed by atoms with Crippen LogP contribution < -0.4 is 0 Å². The molecule has 0 fully saturated rings. The lowest BCUT2D eigenvalue weighted by Gasteiger charge is -2.26. The first-order chi connectivity index (χ1) is 11.4. The summed E-state index contributed by atoms with van der Waals surface area (Å²) in [5.41, 5.74) is -0.379. The van der Waals surface area contributed by atoms with E-state index < -0.39 is 29.1 Å². The number of carbonyl (C=O) groups excluding carboxylic acids is 2. The van der Waals surface area contributed by atoms with Gasteiger partial charge in [0.2, 0.25) is 0 Å². The second-order valence-corrected chi connectivity index (χ2v) is 8.74. The van der Waals surface area contributed by atoms with Gasteiger partial charge < -0.3 is 9.47 Å². The Bertz CT molecular complexity index is 410. The van der Waals surface area contributed by atoms with Crippen molar-refractivity contribution in [3.05, 3.63) is 12.2 Å². The maximum atomic E-state index is 12.5. The van der Waals surface area contributed by atoms with E-state index in [9.17, 15) is 9.59 Å². The van der Waals surface area contributed by atoms with Gasteiger partial charge >= 0.3 is 11.9 Å². The standard InChI is InChI=1S/C21H38O4/c1-9-10-11-12-13-14-16(2)15-17(18(22)24-20(3,4)5)19(23)25-21(6,7)8/h17H,2,9-15H2,1,3-8H3. The number of hydrogen-bond donors (Lipinski definition) is 0. The lowest BCUT2D eigenvalue weighted by atomic mass is 9.95. The van der Waals surface area contributed by atoms with E-state index in [2.05, 4.69) is 13.5 Å². The molecule has 0 saturated carbocycles. The van der Waals surface area contributed by atoms with Crippen molar-refractivity contribution in [2.75, 3.05) is 0 Å². The van der Waals surface area contributed by atoms with Crippen LogP contribution in [0.2, 0.25) is 0 Å². The van der Waals surface area contributed by atoms with Gasteiger partial charge in [0.25, 0.3) is 0 Å². The van der Waals surface area contributed by atoms with Crippen molar-refractivity contribution in [2.24, 2.45) is 5.92 Å². The van der Waals surface area contributed by atoms with Gasteiger partial charge in [0.15, 0.2) is 5.92 Å². The Balaban J connectivity index is 4.80. The van der Waals surface area contributed by atoms with E-state index >= 15 is 0 Å². The molecule has 0 unspecified atom stereocenters. The van der Waals surface area contributed by atoms with Gasteiger partial charge in [-0.1, -0.05) is 44.8 Å². The number of allylic oxidation sites excluding steroid dienone is 1. The van der Waals surface area contributed by atoms with Gasteiger partial charge in [-0.05, 0) is 60.8 Å². The maximum Gasteiger partial charge on any atom is 0.321 e. The molecule has 0 heterocycles. The zero-order valence-corrected chi connectivity index (χ0v) is 17.4. The molecule has 4 heteroatoms. The van der Waals surface area contributed by atoms with E-state index in [0.717, 1.165) is 24.8 Å². The van der Waals surface area contributed by atoms with Crippen LogP contribution in [-0.4, -0.2) is 23.1 Å². The fraction of sp³-hybridized carbons (Fsp3) is 0.810. The highest BCUT2D eigenvalue weighted by Gasteiger charge is 2.35. The molecule has 146 valence electrons. The molecule has 0 rings (SSSR count). The quantitative estimate of drug-likeness (QED) is 0.222. The second kappa shape index (κ2) is 10.6. The van der Waals surface area contributed by atoms with Crippen molar-refractivity contribution < 1.29 is 19.1 Å². The normalized spacial score (nSPS) is 12.2. The van der Waals surface area contributed by atoms with E-state index in [1.165, 1.54) is 19.3 Å². The van der Waals surface area contributed by atoms with Crippen LogP contribution in [0.5, 0.6) is 0 Å². The predicted molar refractivity (Wildman–Crippen MR) is 102 cm³/mol. The largest absolute Gasteiger partial charge is 0.459 e. The van der Waals surface area contributed by atoms with Crippen molar-refractivity contribution >= 4 is 11.9 Å². The summed E-state index contributed by atoms with van der Waals surface area (Å²) < 4.78 is 10.8. The zero-order valence-electron chi connectivity index (χ0n) is 17.4. The SMILES string of the molecule is C=C(CCCCCCC)CC(C(=O)OC(C)(C)C)C(=O)OC(C)(C)C. The predicted octanol–water partition coefficient (Wildman–Crippen LogP) is 5.59. The van der Waals surface area contributed by atoms with Gasteiger partial charge in [0, 0.05) is 0 Å². The lowest BCUT2D eigenvalue weighted by Crippen LogP contribution is -2.37. The van der Waals surface area contributed by atoms with Crippen LogP contribution in [0.15, 0.2) is 12.2 Å². The number of carbonyl (C=O) groups is 2. The van der Waals surface area contributed by atoms with Gasteiger partial charge in [-0.3, -0.25) is 9.59 Å². The molecule has 0 saturated heterocycles. The van der Waals surface area contributed by atoms with Gasteiger partial charge in [0.05, 0.1) is 0 Å². The summed E-state index contributed by atoms with van der Waals surface area (Å²) in [7, 11) is 0. The Kier molecular flexibility index (Phi) is 10.1. The monoisotopic (exact) mass is 354 g/mol. The molecule has 0 aliphatic rings. The molecule has 0 aliphatic heterocycles. The Hall–Kier alpha value is -1.32. The molecule has 0 aromatic heterocycles. The smallest absolute Gasteiger partial charge is 0.321 e. The highest BCUT2D eigenvalue weighted by Crippen LogP contribution is 2.23. The minimum atomic E-state index is -0.943. The summed E-state index contributed by atoms with van der Waals surface area (Å²) in [6.07, 6.45) is 6.96. The molecule has 0 aromatic carbocycles. The van der Waals surface area contributed by atoms with Crippen LogP contribution in [0, 0.1) is 5.92 Å². The molecule has 0 aromatic rings. The molecule has 0 spiro atoms. The third kappa shape index (κ3) is 12.7. The second-order valence-electron chi connectivity index (χ2n) is 8.74. The van der Waals surface area contributed by atoms with Crippen LogP contribution in [0.4, 0.5) is 0 Å². The Morgan fingerprint density at radius 1 is 0.840 bits per heavy atom. The third-order valence-electron chi connectivity index (χ3n) is 3.51. The molecule has 0 aliphatic carbocycles. The first kappa shape index (κ1) is 23.7. The lowest BCUT2D eigenvalue weighted by molar-refractivity contribution is -0.174. The van der Waals surface area contributed by atoms with Crippen molar-refractivity contribution in [1.29, 1.82) is 0 Å². The van der Waals surface area contributed by atoms with Crippen LogP contribution in [-0.2, 0) is 19.1 Å². The summed E-state index contributed by atoms with van der Waals surface area (Å²) in [5.74, 6) is -2.01. The highest BCUT2D eigenvalue weighted by atomic mass is 16.6.